The highest BCUT2D eigenvalue weighted by atomic mass is 32.2. The van der Waals surface area contributed by atoms with E-state index in [1.807, 2.05) is 0 Å². The fraction of sp³-hybridized carbons (Fsp3) is 0.462. The molecule has 0 saturated carbocycles. The average Bonchev–Trinajstić information content (AvgIpc) is 2.75. The van der Waals surface area contributed by atoms with Crippen LogP contribution < -0.4 is 5.73 Å². The van der Waals surface area contributed by atoms with Gasteiger partial charge in [-0.3, -0.25) is 9.23 Å². The largest absolute Gasteiger partial charge is 0.382 e. The summed E-state index contributed by atoms with van der Waals surface area (Å²) in [5.74, 6) is 0.741. The van der Waals surface area contributed by atoms with Crippen molar-refractivity contribution >= 4 is 26.8 Å². The summed E-state index contributed by atoms with van der Waals surface area (Å²) < 4.78 is 38.6. The molecule has 3 N–H and O–H groups in total. The standard InChI is InChI=1S/C13H17N3O4S/c14-13-11-7-10(21(17,18)19)1-2-12(11)16(15-13)8-9-3-5-20-6-4-9/h1-2,7,9H,3-6,8H2,(H2,14,15)(H,17,18,19). The first-order valence-corrected chi connectivity index (χ1v) is 8.20. The smallest absolute Gasteiger partial charge is 0.294 e. The number of nitrogen functional groups attached to an aromatic ring is 1. The number of benzene rings is 1. The Morgan fingerprint density at radius 1 is 1.38 bits per heavy atom. The van der Waals surface area contributed by atoms with Crippen molar-refractivity contribution in [3.05, 3.63) is 18.2 Å². The second-order valence-electron chi connectivity index (χ2n) is 5.28. The van der Waals surface area contributed by atoms with Gasteiger partial charge in [0.05, 0.1) is 10.4 Å². The van der Waals surface area contributed by atoms with Gasteiger partial charge in [-0.05, 0) is 37.0 Å². The summed E-state index contributed by atoms with van der Waals surface area (Å²) in [6.45, 7) is 2.24. The normalized spacial score (nSPS) is 17.4. The van der Waals surface area contributed by atoms with E-state index in [1.165, 1.54) is 12.1 Å². The highest BCUT2D eigenvalue weighted by molar-refractivity contribution is 7.85. The first kappa shape index (κ1) is 14.3. The van der Waals surface area contributed by atoms with Gasteiger partial charge in [0, 0.05) is 25.1 Å². The molecule has 1 aromatic heterocycles. The second kappa shape index (κ2) is 5.28. The van der Waals surface area contributed by atoms with E-state index in [0.717, 1.165) is 38.1 Å². The van der Waals surface area contributed by atoms with Gasteiger partial charge >= 0.3 is 0 Å². The quantitative estimate of drug-likeness (QED) is 0.827. The van der Waals surface area contributed by atoms with Gasteiger partial charge in [0.2, 0.25) is 0 Å². The number of nitrogens with zero attached hydrogens (tertiary/aromatic N) is 2. The molecule has 0 bridgehead atoms. The van der Waals surface area contributed by atoms with Gasteiger partial charge in [0.1, 0.15) is 0 Å². The molecular weight excluding hydrogens is 294 g/mol. The number of fused-ring (bicyclic) bond motifs is 1. The number of rotatable bonds is 3. The van der Waals surface area contributed by atoms with E-state index in [9.17, 15) is 8.42 Å². The van der Waals surface area contributed by atoms with E-state index in [2.05, 4.69) is 5.10 Å². The van der Waals surface area contributed by atoms with Crippen molar-refractivity contribution in [3.8, 4) is 0 Å². The van der Waals surface area contributed by atoms with Crippen LogP contribution in [0.4, 0.5) is 5.82 Å². The molecule has 0 aliphatic carbocycles. The minimum absolute atomic E-state index is 0.174. The predicted octanol–water partition coefficient (Wildman–Crippen LogP) is 1.29. The Balaban J connectivity index is 1.97. The molecule has 1 saturated heterocycles. The lowest BCUT2D eigenvalue weighted by molar-refractivity contribution is 0.0606. The number of ether oxygens (including phenoxy) is 1. The molecule has 2 heterocycles. The molecule has 0 radical (unpaired) electrons. The Kier molecular flexibility index (Phi) is 3.60. The molecule has 0 atom stereocenters. The van der Waals surface area contributed by atoms with Crippen LogP contribution in [0.2, 0.25) is 0 Å². The third kappa shape index (κ3) is 2.87. The van der Waals surface area contributed by atoms with Crippen LogP contribution >= 0.6 is 0 Å². The summed E-state index contributed by atoms with van der Waals surface area (Å²) in [6.07, 6.45) is 1.95. The van der Waals surface area contributed by atoms with E-state index in [1.54, 1.807) is 10.7 Å². The maximum atomic E-state index is 11.2. The minimum atomic E-state index is -4.24. The van der Waals surface area contributed by atoms with Crippen molar-refractivity contribution in [2.45, 2.75) is 24.3 Å². The molecule has 0 unspecified atom stereocenters. The zero-order valence-corrected chi connectivity index (χ0v) is 12.2. The number of hydrogen-bond donors (Lipinski definition) is 2. The molecule has 7 nitrogen and oxygen atoms in total. The summed E-state index contributed by atoms with van der Waals surface area (Å²) in [5, 5.41) is 4.82. The van der Waals surface area contributed by atoms with Gasteiger partial charge in [0.15, 0.2) is 5.82 Å². The predicted molar refractivity (Wildman–Crippen MR) is 77.5 cm³/mol. The highest BCUT2D eigenvalue weighted by Gasteiger charge is 2.18. The molecular formula is C13H17N3O4S. The van der Waals surface area contributed by atoms with Gasteiger partial charge < -0.3 is 10.5 Å². The van der Waals surface area contributed by atoms with E-state index in [4.69, 9.17) is 15.0 Å². The van der Waals surface area contributed by atoms with Crippen molar-refractivity contribution in [2.75, 3.05) is 18.9 Å². The summed E-state index contributed by atoms with van der Waals surface area (Å²) in [6, 6.07) is 4.34. The van der Waals surface area contributed by atoms with Gasteiger partial charge in [0.25, 0.3) is 10.1 Å². The van der Waals surface area contributed by atoms with Crippen LogP contribution in [0.5, 0.6) is 0 Å². The third-order valence-electron chi connectivity index (χ3n) is 3.82. The second-order valence-corrected chi connectivity index (χ2v) is 6.70. The Bertz CT molecular complexity index is 763. The Hall–Kier alpha value is -1.64. The lowest BCUT2D eigenvalue weighted by Crippen LogP contribution is -2.20. The third-order valence-corrected chi connectivity index (χ3v) is 4.67. The van der Waals surface area contributed by atoms with Crippen LogP contribution in [0, 0.1) is 5.92 Å². The Morgan fingerprint density at radius 3 is 2.76 bits per heavy atom. The topological polar surface area (TPSA) is 107 Å². The number of aromatic nitrogens is 2. The van der Waals surface area contributed by atoms with E-state index in [0.29, 0.717) is 11.3 Å². The summed E-state index contributed by atoms with van der Waals surface area (Å²) in [7, 11) is -4.24. The zero-order valence-electron chi connectivity index (χ0n) is 11.4. The van der Waals surface area contributed by atoms with E-state index >= 15 is 0 Å². The van der Waals surface area contributed by atoms with Gasteiger partial charge in [-0.2, -0.15) is 13.5 Å². The Labute approximate surface area is 122 Å². The summed E-state index contributed by atoms with van der Waals surface area (Å²) in [5.41, 5.74) is 6.63. The fourth-order valence-electron chi connectivity index (χ4n) is 2.66. The van der Waals surface area contributed by atoms with Crippen molar-refractivity contribution in [3.63, 3.8) is 0 Å². The highest BCUT2D eigenvalue weighted by Crippen LogP contribution is 2.26. The van der Waals surface area contributed by atoms with Crippen molar-refractivity contribution in [1.29, 1.82) is 0 Å². The monoisotopic (exact) mass is 311 g/mol. The van der Waals surface area contributed by atoms with Gasteiger partial charge in [-0.1, -0.05) is 0 Å². The number of nitrogens with two attached hydrogens (primary N) is 1. The molecule has 21 heavy (non-hydrogen) atoms. The molecule has 1 aliphatic heterocycles. The van der Waals surface area contributed by atoms with E-state index in [-0.39, 0.29) is 10.7 Å². The van der Waals surface area contributed by atoms with Crippen LogP contribution in [-0.2, 0) is 21.4 Å². The summed E-state index contributed by atoms with van der Waals surface area (Å²) >= 11 is 0. The zero-order chi connectivity index (χ0) is 15.0. The van der Waals surface area contributed by atoms with Crippen molar-refractivity contribution < 1.29 is 17.7 Å². The van der Waals surface area contributed by atoms with Crippen LogP contribution in [0.25, 0.3) is 10.9 Å². The SMILES string of the molecule is Nc1nn(CC2CCOCC2)c2ccc(S(=O)(=O)O)cc12. The molecule has 1 aliphatic rings. The summed E-state index contributed by atoms with van der Waals surface area (Å²) in [4.78, 5) is -0.174. The molecule has 114 valence electrons. The lowest BCUT2D eigenvalue weighted by atomic mass is 10.0. The van der Waals surface area contributed by atoms with Crippen LogP contribution in [0.1, 0.15) is 12.8 Å². The molecule has 3 rings (SSSR count). The average molecular weight is 311 g/mol. The minimum Gasteiger partial charge on any atom is -0.382 e. The van der Waals surface area contributed by atoms with Gasteiger partial charge in [-0.25, -0.2) is 0 Å². The van der Waals surface area contributed by atoms with Crippen LogP contribution in [0.15, 0.2) is 23.1 Å². The van der Waals surface area contributed by atoms with Crippen molar-refractivity contribution in [1.82, 2.24) is 9.78 Å². The maximum absolute atomic E-state index is 11.2. The maximum Gasteiger partial charge on any atom is 0.294 e. The van der Waals surface area contributed by atoms with Crippen LogP contribution in [-0.4, -0.2) is 36.0 Å². The number of hydrogen-bond acceptors (Lipinski definition) is 5. The molecule has 0 amide bonds. The molecule has 1 fully saturated rings. The van der Waals surface area contributed by atoms with Crippen molar-refractivity contribution in [2.24, 2.45) is 5.92 Å². The first-order chi connectivity index (χ1) is 9.95. The molecule has 8 heteroatoms. The molecule has 2 aromatic rings. The number of anilines is 1. The molecule has 1 aromatic carbocycles. The van der Waals surface area contributed by atoms with Gasteiger partial charge in [-0.15, -0.1) is 0 Å². The lowest BCUT2D eigenvalue weighted by Gasteiger charge is -2.22. The fourth-order valence-corrected chi connectivity index (χ4v) is 3.16. The van der Waals surface area contributed by atoms with Crippen LogP contribution in [0.3, 0.4) is 0 Å². The Morgan fingerprint density at radius 2 is 2.10 bits per heavy atom. The first-order valence-electron chi connectivity index (χ1n) is 6.76. The van der Waals surface area contributed by atoms with E-state index < -0.39 is 10.1 Å². The molecule has 0 spiro atoms.